The Bertz CT molecular complexity index is 1320. The number of carbonyl (C=O) groups is 2. The topological polar surface area (TPSA) is 70.1 Å². The molecule has 0 radical (unpaired) electrons. The molecule has 2 aromatic heterocycles. The second kappa shape index (κ2) is 12.2. The van der Waals surface area contributed by atoms with Gasteiger partial charge in [-0.05, 0) is 43.2 Å². The highest BCUT2D eigenvalue weighted by Gasteiger charge is 2.29. The lowest BCUT2D eigenvalue weighted by Gasteiger charge is -2.40. The van der Waals surface area contributed by atoms with E-state index in [1.807, 2.05) is 30.0 Å². The van der Waals surface area contributed by atoms with Gasteiger partial charge in [0, 0.05) is 39.1 Å². The summed E-state index contributed by atoms with van der Waals surface area (Å²) < 4.78 is 11.1. The molecule has 0 atom stereocenters. The molecule has 3 heterocycles. The molecule has 1 saturated heterocycles. The number of rotatable bonds is 9. The minimum atomic E-state index is -0.160. The average Bonchev–Trinajstić information content (AvgIpc) is 3.60. The van der Waals surface area contributed by atoms with Gasteiger partial charge in [0.2, 0.25) is 5.91 Å². The molecule has 0 spiro atoms. The predicted octanol–water partition coefficient (Wildman–Crippen LogP) is 5.46. The van der Waals surface area contributed by atoms with Crippen molar-refractivity contribution in [1.29, 1.82) is 0 Å². The van der Waals surface area contributed by atoms with Crippen LogP contribution >= 0.6 is 0 Å². The molecule has 0 saturated carbocycles. The van der Waals surface area contributed by atoms with Crippen LogP contribution in [0.1, 0.15) is 51.2 Å². The lowest BCUT2D eigenvalue weighted by atomic mass is 9.96. The van der Waals surface area contributed by atoms with Crippen LogP contribution in [0, 0.1) is 13.8 Å². The van der Waals surface area contributed by atoms with Gasteiger partial charge >= 0.3 is 0 Å². The van der Waals surface area contributed by atoms with Crippen LogP contribution in [0.25, 0.3) is 0 Å². The van der Waals surface area contributed by atoms with Gasteiger partial charge in [-0.1, -0.05) is 60.7 Å². The number of aryl methyl sites for hydroxylation is 2. The maximum atomic E-state index is 13.4. The Labute approximate surface area is 229 Å². The summed E-state index contributed by atoms with van der Waals surface area (Å²) in [5.74, 6) is 1.84. The largest absolute Gasteiger partial charge is 0.467 e. The summed E-state index contributed by atoms with van der Waals surface area (Å²) in [6.07, 6.45) is 1.84. The van der Waals surface area contributed by atoms with Gasteiger partial charge in [-0.25, -0.2) is 0 Å². The van der Waals surface area contributed by atoms with Crippen molar-refractivity contribution in [1.82, 2.24) is 14.7 Å². The minimum absolute atomic E-state index is 0.0583. The van der Waals surface area contributed by atoms with E-state index in [0.29, 0.717) is 49.0 Å². The maximum absolute atomic E-state index is 13.4. The molecule has 0 unspecified atom stereocenters. The van der Waals surface area contributed by atoms with E-state index in [1.165, 1.54) is 11.1 Å². The first-order valence-corrected chi connectivity index (χ1v) is 13.5. The number of hydrogen-bond donors (Lipinski definition) is 0. The maximum Gasteiger partial charge on any atom is 0.257 e. The molecule has 7 nitrogen and oxygen atoms in total. The second-order valence-electron chi connectivity index (χ2n) is 10.0. The molecule has 2 aromatic carbocycles. The third kappa shape index (κ3) is 6.32. The van der Waals surface area contributed by atoms with E-state index >= 15 is 0 Å². The summed E-state index contributed by atoms with van der Waals surface area (Å²) in [6, 6.07) is 26.6. The number of benzene rings is 2. The highest BCUT2D eigenvalue weighted by molar-refractivity contribution is 5.95. The third-order valence-electron chi connectivity index (χ3n) is 7.34. The molecule has 2 amide bonds. The van der Waals surface area contributed by atoms with E-state index in [2.05, 4.69) is 53.4 Å². The zero-order valence-corrected chi connectivity index (χ0v) is 22.6. The Morgan fingerprint density at radius 1 is 0.872 bits per heavy atom. The zero-order valence-electron chi connectivity index (χ0n) is 22.6. The number of nitrogens with zero attached hydrogens (tertiary/aromatic N) is 3. The molecule has 0 aliphatic carbocycles. The summed E-state index contributed by atoms with van der Waals surface area (Å²) in [6.45, 7) is 7.08. The summed E-state index contributed by atoms with van der Waals surface area (Å²) in [5, 5.41) is 0. The molecular formula is C32H35N3O4. The fraction of sp³-hybridized carbons (Fsp3) is 0.312. The summed E-state index contributed by atoms with van der Waals surface area (Å²) in [7, 11) is 0. The van der Waals surface area contributed by atoms with Crippen LogP contribution in [-0.4, -0.2) is 59.2 Å². The molecule has 1 aliphatic rings. The second-order valence-corrected chi connectivity index (χ2v) is 10.0. The Kier molecular flexibility index (Phi) is 8.27. The first-order valence-electron chi connectivity index (χ1n) is 13.5. The lowest BCUT2D eigenvalue weighted by Crippen LogP contribution is -2.50. The van der Waals surface area contributed by atoms with Gasteiger partial charge in [-0.3, -0.25) is 14.5 Å². The summed E-state index contributed by atoms with van der Waals surface area (Å²) in [4.78, 5) is 32.7. The molecular weight excluding hydrogens is 490 g/mol. The van der Waals surface area contributed by atoms with Crippen molar-refractivity contribution in [2.75, 3.05) is 32.7 Å². The highest BCUT2D eigenvalue weighted by atomic mass is 16.3. The molecule has 202 valence electrons. The number of amides is 2. The minimum Gasteiger partial charge on any atom is -0.467 e. The van der Waals surface area contributed by atoms with Crippen LogP contribution in [0.2, 0.25) is 0 Å². The first kappa shape index (κ1) is 26.5. The van der Waals surface area contributed by atoms with Crippen LogP contribution in [0.5, 0.6) is 0 Å². The highest BCUT2D eigenvalue weighted by Crippen LogP contribution is 2.29. The molecule has 39 heavy (non-hydrogen) atoms. The van der Waals surface area contributed by atoms with Gasteiger partial charge in [0.25, 0.3) is 5.91 Å². The fourth-order valence-corrected chi connectivity index (χ4v) is 5.36. The van der Waals surface area contributed by atoms with E-state index in [-0.39, 0.29) is 24.3 Å². The number of hydrogen-bond acceptors (Lipinski definition) is 5. The quantitative estimate of drug-likeness (QED) is 0.290. The van der Waals surface area contributed by atoms with Crippen molar-refractivity contribution in [2.45, 2.75) is 32.9 Å². The Balaban J connectivity index is 1.23. The molecule has 5 rings (SSSR count). The Hall–Kier alpha value is -4.10. The van der Waals surface area contributed by atoms with E-state index in [4.69, 9.17) is 8.83 Å². The van der Waals surface area contributed by atoms with Crippen LogP contribution in [-0.2, 0) is 11.3 Å². The predicted molar refractivity (Wildman–Crippen MR) is 149 cm³/mol. The van der Waals surface area contributed by atoms with Gasteiger partial charge in [0.15, 0.2) is 0 Å². The van der Waals surface area contributed by atoms with Crippen molar-refractivity contribution in [3.05, 3.63) is 119 Å². The SMILES string of the molecule is Cc1cc(C(=O)N(CCC(=O)N2CCN(C(c3ccccc3)c3ccccc3)CC2)Cc2ccco2)c(C)o1. The van der Waals surface area contributed by atoms with Crippen LogP contribution in [0.3, 0.4) is 0 Å². The van der Waals surface area contributed by atoms with Gasteiger partial charge in [0.05, 0.1) is 24.4 Å². The van der Waals surface area contributed by atoms with Crippen molar-refractivity contribution in [2.24, 2.45) is 0 Å². The number of furan rings is 2. The number of piperazine rings is 1. The van der Waals surface area contributed by atoms with Crippen LogP contribution in [0.4, 0.5) is 0 Å². The third-order valence-corrected chi connectivity index (χ3v) is 7.34. The van der Waals surface area contributed by atoms with Crippen LogP contribution < -0.4 is 0 Å². The van der Waals surface area contributed by atoms with E-state index in [0.717, 1.165) is 13.1 Å². The van der Waals surface area contributed by atoms with Gasteiger partial charge in [0.1, 0.15) is 17.3 Å². The van der Waals surface area contributed by atoms with Crippen molar-refractivity contribution < 1.29 is 18.4 Å². The zero-order chi connectivity index (χ0) is 27.2. The fourth-order valence-electron chi connectivity index (χ4n) is 5.36. The molecule has 4 aromatic rings. The number of carbonyl (C=O) groups excluding carboxylic acids is 2. The standard InChI is InChI=1S/C32H35N3O4/c1-24-22-29(25(2)39-24)32(37)35(23-28-14-9-21-38-28)16-15-30(36)33-17-19-34(20-18-33)31(26-10-5-3-6-11-26)27-12-7-4-8-13-27/h3-14,21-22,31H,15-20,23H2,1-2H3. The van der Waals surface area contributed by atoms with Crippen LogP contribution in [0.15, 0.2) is 94.0 Å². The normalized spacial score (nSPS) is 14.1. The molecule has 1 aliphatic heterocycles. The van der Waals surface area contributed by atoms with E-state index in [9.17, 15) is 9.59 Å². The van der Waals surface area contributed by atoms with Gasteiger partial charge in [-0.2, -0.15) is 0 Å². The Morgan fingerprint density at radius 2 is 1.51 bits per heavy atom. The van der Waals surface area contributed by atoms with Crippen molar-refractivity contribution in [3.63, 3.8) is 0 Å². The molecule has 1 fully saturated rings. The van der Waals surface area contributed by atoms with Crippen molar-refractivity contribution in [3.8, 4) is 0 Å². The summed E-state index contributed by atoms with van der Waals surface area (Å²) in [5.41, 5.74) is 3.02. The Morgan fingerprint density at radius 3 is 2.05 bits per heavy atom. The van der Waals surface area contributed by atoms with E-state index in [1.54, 1.807) is 30.2 Å². The monoisotopic (exact) mass is 525 g/mol. The van der Waals surface area contributed by atoms with Gasteiger partial charge in [-0.15, -0.1) is 0 Å². The lowest BCUT2D eigenvalue weighted by molar-refractivity contribution is -0.133. The molecule has 0 bridgehead atoms. The first-order chi connectivity index (χ1) is 19.0. The smallest absolute Gasteiger partial charge is 0.257 e. The van der Waals surface area contributed by atoms with Crippen molar-refractivity contribution >= 4 is 11.8 Å². The summed E-state index contributed by atoms with van der Waals surface area (Å²) >= 11 is 0. The van der Waals surface area contributed by atoms with Gasteiger partial charge < -0.3 is 18.6 Å². The van der Waals surface area contributed by atoms with E-state index < -0.39 is 0 Å². The average molecular weight is 526 g/mol. The molecule has 0 N–H and O–H groups in total. The molecule has 7 heteroatoms.